The number of aromatic nitrogens is 4. The summed E-state index contributed by atoms with van der Waals surface area (Å²) in [6.07, 6.45) is 1.36. The Morgan fingerprint density at radius 2 is 2.16 bits per heavy atom. The minimum atomic E-state index is -0.874. The molecule has 3 aromatic rings. The lowest BCUT2D eigenvalue weighted by Crippen LogP contribution is -2.27. The Morgan fingerprint density at radius 3 is 2.92 bits per heavy atom. The highest BCUT2D eigenvalue weighted by Crippen LogP contribution is 2.38. The number of nitrogens with one attached hydrogen (secondary N) is 1. The van der Waals surface area contributed by atoms with E-state index in [4.69, 9.17) is 0 Å². The van der Waals surface area contributed by atoms with Crippen molar-refractivity contribution in [1.29, 1.82) is 0 Å². The molecule has 0 radical (unpaired) electrons. The number of aliphatic hydroxyl groups is 2. The van der Waals surface area contributed by atoms with E-state index in [1.807, 2.05) is 6.07 Å². The second-order valence-corrected chi connectivity index (χ2v) is 6.96. The maximum atomic E-state index is 13.3. The highest BCUT2D eigenvalue weighted by atomic mass is 32.2. The van der Waals surface area contributed by atoms with E-state index < -0.39 is 12.2 Å². The number of thioether (sulfide) groups is 1. The fraction of sp³-hybridized carbons (Fsp3) is 0.312. The van der Waals surface area contributed by atoms with Crippen LogP contribution >= 0.6 is 11.8 Å². The third-order valence-corrected chi connectivity index (χ3v) is 5.49. The van der Waals surface area contributed by atoms with Gasteiger partial charge >= 0.3 is 0 Å². The summed E-state index contributed by atoms with van der Waals surface area (Å²) in [5.41, 5.74) is 1.92. The smallest absolute Gasteiger partial charge is 0.166 e. The average Bonchev–Trinajstić information content (AvgIpc) is 3.17. The van der Waals surface area contributed by atoms with Crippen molar-refractivity contribution in [3.63, 3.8) is 0 Å². The van der Waals surface area contributed by atoms with E-state index in [2.05, 4.69) is 20.3 Å². The number of aliphatic hydroxyl groups excluding tert-OH is 2. The van der Waals surface area contributed by atoms with Crippen molar-refractivity contribution in [2.75, 3.05) is 11.1 Å². The van der Waals surface area contributed by atoms with Crippen molar-refractivity contribution < 1.29 is 14.6 Å². The number of rotatable bonds is 4. The van der Waals surface area contributed by atoms with Gasteiger partial charge in [0.05, 0.1) is 12.4 Å². The molecule has 9 heteroatoms. The molecule has 1 aliphatic heterocycles. The average molecular weight is 361 g/mol. The fourth-order valence-corrected chi connectivity index (χ4v) is 4.11. The summed E-state index contributed by atoms with van der Waals surface area (Å²) in [4.78, 5) is 12.8. The third kappa shape index (κ3) is 3.06. The maximum absolute atomic E-state index is 13.3. The maximum Gasteiger partial charge on any atom is 0.166 e. The lowest BCUT2D eigenvalue weighted by atomic mass is 10.2. The van der Waals surface area contributed by atoms with E-state index in [1.165, 1.54) is 30.2 Å². The normalized spacial score (nSPS) is 23.2. The van der Waals surface area contributed by atoms with Crippen LogP contribution in [0.5, 0.6) is 0 Å². The van der Waals surface area contributed by atoms with E-state index in [-0.39, 0.29) is 11.2 Å². The van der Waals surface area contributed by atoms with Crippen LogP contribution in [0.15, 0.2) is 36.9 Å². The first-order chi connectivity index (χ1) is 12.1. The first-order valence-corrected chi connectivity index (χ1v) is 8.82. The SMILES string of the molecule is OC1[C@H](n2cnc3c(NCc4cccc(F)c4)ncnc32)SC[C@@H]1O. The van der Waals surface area contributed by atoms with Gasteiger partial charge in [0.25, 0.3) is 0 Å². The van der Waals surface area contributed by atoms with Gasteiger partial charge in [-0.05, 0) is 17.7 Å². The summed E-state index contributed by atoms with van der Waals surface area (Å²) in [5, 5.41) is 22.7. The Balaban J connectivity index is 1.61. The zero-order valence-corrected chi connectivity index (χ0v) is 13.9. The van der Waals surface area contributed by atoms with Gasteiger partial charge in [-0.25, -0.2) is 19.3 Å². The van der Waals surface area contributed by atoms with E-state index in [9.17, 15) is 14.6 Å². The number of benzene rings is 1. The molecule has 0 aliphatic carbocycles. The van der Waals surface area contributed by atoms with Gasteiger partial charge in [0.15, 0.2) is 11.5 Å². The molecule has 2 aromatic heterocycles. The Kier molecular flexibility index (Phi) is 4.28. The molecule has 1 saturated heterocycles. The quantitative estimate of drug-likeness (QED) is 0.649. The highest BCUT2D eigenvalue weighted by Gasteiger charge is 2.36. The van der Waals surface area contributed by atoms with Gasteiger partial charge in [-0.2, -0.15) is 0 Å². The predicted molar refractivity (Wildman–Crippen MR) is 92.6 cm³/mol. The number of hydrogen-bond acceptors (Lipinski definition) is 7. The summed E-state index contributed by atoms with van der Waals surface area (Å²) < 4.78 is 15.0. The summed E-state index contributed by atoms with van der Waals surface area (Å²) >= 11 is 1.45. The lowest BCUT2D eigenvalue weighted by Gasteiger charge is -2.17. The second-order valence-electron chi connectivity index (χ2n) is 5.81. The van der Waals surface area contributed by atoms with Crippen LogP contribution in [0.4, 0.5) is 10.2 Å². The van der Waals surface area contributed by atoms with Gasteiger partial charge in [0.1, 0.15) is 29.1 Å². The van der Waals surface area contributed by atoms with Gasteiger partial charge in [0, 0.05) is 12.3 Å². The van der Waals surface area contributed by atoms with E-state index >= 15 is 0 Å². The molecule has 1 aromatic carbocycles. The summed E-state index contributed by atoms with van der Waals surface area (Å²) in [5.74, 6) is 0.703. The molecular formula is C16H16FN5O2S. The molecule has 1 aliphatic rings. The molecule has 4 rings (SSSR count). The van der Waals surface area contributed by atoms with Crippen LogP contribution in [0.25, 0.3) is 11.2 Å². The van der Waals surface area contributed by atoms with Crippen molar-refractivity contribution in [1.82, 2.24) is 19.5 Å². The van der Waals surface area contributed by atoms with E-state index in [0.717, 1.165) is 5.56 Å². The standard InChI is InChI=1S/C16H16FN5O2S/c17-10-3-1-2-9(4-10)5-18-14-12-15(20-7-19-14)22(8-21-12)16-13(24)11(23)6-25-16/h1-4,7-8,11,13,16,23-24H,5-6H2,(H,18,19,20)/t11-,13?,16+/m0/s1. The molecule has 130 valence electrons. The van der Waals surface area contributed by atoms with Crippen molar-refractivity contribution in [2.24, 2.45) is 0 Å². The topological polar surface area (TPSA) is 96.1 Å². The molecular weight excluding hydrogens is 345 g/mol. The second kappa shape index (κ2) is 6.58. The molecule has 1 unspecified atom stereocenters. The zero-order chi connectivity index (χ0) is 17.4. The fourth-order valence-electron chi connectivity index (χ4n) is 2.83. The third-order valence-electron chi connectivity index (χ3n) is 4.11. The van der Waals surface area contributed by atoms with E-state index in [0.29, 0.717) is 29.3 Å². The van der Waals surface area contributed by atoms with Crippen LogP contribution < -0.4 is 5.32 Å². The summed E-state index contributed by atoms with van der Waals surface area (Å²) in [6, 6.07) is 6.32. The number of fused-ring (bicyclic) bond motifs is 1. The first-order valence-electron chi connectivity index (χ1n) is 7.77. The Labute approximate surface area is 146 Å². The number of anilines is 1. The summed E-state index contributed by atoms with van der Waals surface area (Å²) in [7, 11) is 0. The van der Waals surface area contributed by atoms with Gasteiger partial charge in [-0.15, -0.1) is 11.8 Å². The minimum Gasteiger partial charge on any atom is -0.389 e. The zero-order valence-electron chi connectivity index (χ0n) is 13.1. The molecule has 7 nitrogen and oxygen atoms in total. The Bertz CT molecular complexity index is 905. The van der Waals surface area contributed by atoms with Crippen LogP contribution in [0.2, 0.25) is 0 Å². The molecule has 3 atom stereocenters. The Morgan fingerprint density at radius 1 is 1.28 bits per heavy atom. The predicted octanol–water partition coefficient (Wildman–Crippen LogP) is 1.54. The van der Waals surface area contributed by atoms with Gasteiger partial charge in [0.2, 0.25) is 0 Å². The van der Waals surface area contributed by atoms with Crippen LogP contribution in [0, 0.1) is 5.82 Å². The Hall–Kier alpha value is -2.23. The largest absolute Gasteiger partial charge is 0.389 e. The van der Waals surface area contributed by atoms with Crippen LogP contribution in [0.3, 0.4) is 0 Å². The monoisotopic (exact) mass is 361 g/mol. The minimum absolute atomic E-state index is 0.290. The van der Waals surface area contributed by atoms with Gasteiger partial charge in [-0.3, -0.25) is 4.57 Å². The molecule has 1 fully saturated rings. The molecule has 0 spiro atoms. The number of imidazole rings is 1. The van der Waals surface area contributed by atoms with E-state index in [1.54, 1.807) is 17.0 Å². The van der Waals surface area contributed by atoms with Crippen molar-refractivity contribution in [3.8, 4) is 0 Å². The highest BCUT2D eigenvalue weighted by molar-refractivity contribution is 7.99. The van der Waals surface area contributed by atoms with Crippen LogP contribution in [-0.2, 0) is 6.54 Å². The molecule has 3 N–H and O–H groups in total. The molecule has 3 heterocycles. The molecule has 0 amide bonds. The lowest BCUT2D eigenvalue weighted by molar-refractivity contribution is 0.0313. The van der Waals surface area contributed by atoms with Gasteiger partial charge in [-0.1, -0.05) is 12.1 Å². The van der Waals surface area contributed by atoms with Crippen molar-refractivity contribution >= 4 is 28.7 Å². The number of nitrogens with zero attached hydrogens (tertiary/aromatic N) is 4. The van der Waals surface area contributed by atoms with Crippen molar-refractivity contribution in [2.45, 2.75) is 24.1 Å². The summed E-state index contributed by atoms with van der Waals surface area (Å²) in [6.45, 7) is 0.399. The van der Waals surface area contributed by atoms with Crippen LogP contribution in [0.1, 0.15) is 10.9 Å². The molecule has 0 bridgehead atoms. The first kappa shape index (κ1) is 16.2. The number of hydrogen-bond donors (Lipinski definition) is 3. The van der Waals surface area contributed by atoms with Gasteiger partial charge < -0.3 is 15.5 Å². The molecule has 25 heavy (non-hydrogen) atoms. The van der Waals surface area contributed by atoms with Crippen molar-refractivity contribution in [3.05, 3.63) is 48.3 Å². The van der Waals surface area contributed by atoms with Crippen LogP contribution in [-0.4, -0.2) is 47.7 Å². The number of halogens is 1. The molecule has 0 saturated carbocycles.